The highest BCUT2D eigenvalue weighted by molar-refractivity contribution is 5.87. The highest BCUT2D eigenvalue weighted by atomic mass is 14.6. The van der Waals surface area contributed by atoms with E-state index in [0.29, 0.717) is 5.92 Å². The summed E-state index contributed by atoms with van der Waals surface area (Å²) < 4.78 is 0. The molecule has 0 spiro atoms. The Bertz CT molecular complexity index is 638. The van der Waals surface area contributed by atoms with Crippen LogP contribution in [0.3, 0.4) is 0 Å². The van der Waals surface area contributed by atoms with Gasteiger partial charge in [-0.2, -0.15) is 0 Å². The van der Waals surface area contributed by atoms with Crippen LogP contribution in [0.2, 0.25) is 0 Å². The van der Waals surface area contributed by atoms with E-state index in [1.54, 1.807) is 0 Å². The third-order valence-corrected chi connectivity index (χ3v) is 3.97. The van der Waals surface area contributed by atoms with Gasteiger partial charge in [0.05, 0.1) is 0 Å². The maximum absolute atomic E-state index is 6.32. The fourth-order valence-electron chi connectivity index (χ4n) is 2.69. The summed E-state index contributed by atoms with van der Waals surface area (Å²) in [5.74, 6) is 0.338. The molecule has 0 saturated carbocycles. The van der Waals surface area contributed by atoms with Gasteiger partial charge in [0.15, 0.2) is 0 Å². The Kier molecular flexibility index (Phi) is 3.53. The van der Waals surface area contributed by atoms with E-state index in [4.69, 9.17) is 5.73 Å². The molecule has 0 radical (unpaired) electrons. The molecule has 1 aliphatic rings. The number of hydrogen-bond donors (Lipinski definition) is 1. The maximum Gasteiger partial charge on any atom is 0.0300 e. The summed E-state index contributed by atoms with van der Waals surface area (Å²) in [5.41, 5.74) is 11.3. The molecule has 1 aliphatic carbocycles. The minimum atomic E-state index is 0.0606. The van der Waals surface area contributed by atoms with E-state index in [-0.39, 0.29) is 6.04 Å². The van der Waals surface area contributed by atoms with Crippen molar-refractivity contribution in [1.82, 2.24) is 0 Å². The molecule has 0 fully saturated rings. The SMILES string of the molecule is CC1C(c2ccccc2)=CC(c2ccccc2)=CC1N. The molecular weight excluding hydrogens is 242 g/mol. The van der Waals surface area contributed by atoms with Crippen molar-refractivity contribution < 1.29 is 0 Å². The summed E-state index contributed by atoms with van der Waals surface area (Å²) in [4.78, 5) is 0. The van der Waals surface area contributed by atoms with Gasteiger partial charge in [-0.1, -0.05) is 79.7 Å². The molecular formula is C19H19N. The standard InChI is InChI=1S/C19H19N/c1-14-18(16-10-6-3-7-11-16)12-17(13-19(14)20)15-8-4-2-5-9-15/h2-14,19H,20H2,1H3. The van der Waals surface area contributed by atoms with E-state index in [2.05, 4.69) is 67.6 Å². The van der Waals surface area contributed by atoms with Gasteiger partial charge in [-0.3, -0.25) is 0 Å². The van der Waals surface area contributed by atoms with E-state index in [9.17, 15) is 0 Å². The van der Waals surface area contributed by atoms with Gasteiger partial charge in [-0.05, 0) is 22.3 Å². The molecule has 2 unspecified atom stereocenters. The molecule has 2 aromatic carbocycles. The minimum Gasteiger partial charge on any atom is -0.324 e. The fraction of sp³-hybridized carbons (Fsp3) is 0.158. The predicted octanol–water partition coefficient (Wildman–Crippen LogP) is 4.13. The van der Waals surface area contributed by atoms with Gasteiger partial charge in [-0.15, -0.1) is 0 Å². The molecule has 3 rings (SSSR count). The molecule has 1 heteroatoms. The van der Waals surface area contributed by atoms with Gasteiger partial charge in [0, 0.05) is 12.0 Å². The summed E-state index contributed by atoms with van der Waals surface area (Å²) in [6.45, 7) is 2.20. The topological polar surface area (TPSA) is 26.0 Å². The quantitative estimate of drug-likeness (QED) is 0.864. The third-order valence-electron chi connectivity index (χ3n) is 3.97. The second-order valence-electron chi connectivity index (χ2n) is 5.32. The van der Waals surface area contributed by atoms with Gasteiger partial charge >= 0.3 is 0 Å². The highest BCUT2D eigenvalue weighted by Crippen LogP contribution is 2.34. The van der Waals surface area contributed by atoms with Crippen LogP contribution in [0.15, 0.2) is 72.8 Å². The summed E-state index contributed by atoms with van der Waals surface area (Å²) >= 11 is 0. The third kappa shape index (κ3) is 2.45. The first kappa shape index (κ1) is 12.9. The van der Waals surface area contributed by atoms with Crippen LogP contribution >= 0.6 is 0 Å². The van der Waals surface area contributed by atoms with Crippen LogP contribution in [-0.2, 0) is 0 Å². The molecule has 0 heterocycles. The molecule has 1 nitrogen and oxygen atoms in total. The molecule has 2 aromatic rings. The van der Waals surface area contributed by atoms with E-state index in [1.807, 2.05) is 12.1 Å². The maximum atomic E-state index is 6.32. The lowest BCUT2D eigenvalue weighted by Gasteiger charge is -2.26. The van der Waals surface area contributed by atoms with Crippen LogP contribution in [0, 0.1) is 5.92 Å². The van der Waals surface area contributed by atoms with E-state index in [1.165, 1.54) is 22.3 Å². The number of nitrogens with two attached hydrogens (primary N) is 1. The zero-order valence-corrected chi connectivity index (χ0v) is 11.7. The number of rotatable bonds is 2. The monoisotopic (exact) mass is 261 g/mol. The zero-order valence-electron chi connectivity index (χ0n) is 11.7. The van der Waals surface area contributed by atoms with Gasteiger partial charge in [0.25, 0.3) is 0 Å². The van der Waals surface area contributed by atoms with Crippen molar-refractivity contribution in [2.75, 3.05) is 0 Å². The van der Waals surface area contributed by atoms with Crippen LogP contribution in [-0.4, -0.2) is 6.04 Å². The Morgan fingerprint density at radius 3 is 1.95 bits per heavy atom. The van der Waals surface area contributed by atoms with E-state index < -0.39 is 0 Å². The second kappa shape index (κ2) is 5.48. The predicted molar refractivity (Wildman–Crippen MR) is 86.0 cm³/mol. The normalized spacial score (nSPS) is 22.1. The summed E-state index contributed by atoms with van der Waals surface area (Å²) in [6, 6.07) is 21.0. The van der Waals surface area contributed by atoms with Crippen LogP contribution in [0.4, 0.5) is 0 Å². The van der Waals surface area contributed by atoms with Crippen LogP contribution in [0.1, 0.15) is 18.1 Å². The lowest BCUT2D eigenvalue weighted by atomic mass is 9.81. The van der Waals surface area contributed by atoms with Crippen LogP contribution in [0.25, 0.3) is 11.1 Å². The van der Waals surface area contributed by atoms with Crippen LogP contribution < -0.4 is 5.73 Å². The Labute approximate surface area is 120 Å². The first-order valence-corrected chi connectivity index (χ1v) is 7.05. The Hall–Kier alpha value is -2.12. The van der Waals surface area contributed by atoms with Crippen molar-refractivity contribution in [1.29, 1.82) is 0 Å². The average Bonchev–Trinajstić information content (AvgIpc) is 2.51. The fourth-order valence-corrected chi connectivity index (χ4v) is 2.69. The van der Waals surface area contributed by atoms with Gasteiger partial charge in [0.2, 0.25) is 0 Å². The molecule has 100 valence electrons. The van der Waals surface area contributed by atoms with E-state index in [0.717, 1.165) is 0 Å². The van der Waals surface area contributed by atoms with Gasteiger partial charge in [-0.25, -0.2) is 0 Å². The number of allylic oxidation sites excluding steroid dienone is 2. The summed E-state index contributed by atoms with van der Waals surface area (Å²) in [6.07, 6.45) is 4.45. The molecule has 2 atom stereocenters. The number of hydrogen-bond acceptors (Lipinski definition) is 1. The molecule has 0 aliphatic heterocycles. The van der Waals surface area contributed by atoms with Crippen molar-refractivity contribution in [2.24, 2.45) is 11.7 Å². The van der Waals surface area contributed by atoms with Crippen molar-refractivity contribution in [3.63, 3.8) is 0 Å². The smallest absolute Gasteiger partial charge is 0.0300 e. The molecule has 0 bridgehead atoms. The largest absolute Gasteiger partial charge is 0.324 e. The summed E-state index contributed by atoms with van der Waals surface area (Å²) in [7, 11) is 0. The molecule has 2 N–H and O–H groups in total. The number of benzene rings is 2. The van der Waals surface area contributed by atoms with Crippen molar-refractivity contribution in [3.8, 4) is 0 Å². The first-order chi connectivity index (χ1) is 9.75. The lowest BCUT2D eigenvalue weighted by Crippen LogP contribution is -2.29. The van der Waals surface area contributed by atoms with Gasteiger partial charge < -0.3 is 5.73 Å². The van der Waals surface area contributed by atoms with E-state index >= 15 is 0 Å². The Morgan fingerprint density at radius 1 is 0.800 bits per heavy atom. The van der Waals surface area contributed by atoms with Crippen molar-refractivity contribution in [2.45, 2.75) is 13.0 Å². The van der Waals surface area contributed by atoms with Crippen LogP contribution in [0.5, 0.6) is 0 Å². The zero-order chi connectivity index (χ0) is 13.9. The molecule has 20 heavy (non-hydrogen) atoms. The van der Waals surface area contributed by atoms with Crippen molar-refractivity contribution >= 4 is 11.1 Å². The Morgan fingerprint density at radius 2 is 1.35 bits per heavy atom. The second-order valence-corrected chi connectivity index (χ2v) is 5.32. The van der Waals surface area contributed by atoms with Crippen molar-refractivity contribution in [3.05, 3.63) is 83.9 Å². The molecule has 0 amide bonds. The minimum absolute atomic E-state index is 0.0606. The molecule has 0 saturated heterocycles. The Balaban J connectivity index is 2.05. The lowest BCUT2D eigenvalue weighted by molar-refractivity contribution is 0.644. The first-order valence-electron chi connectivity index (χ1n) is 7.05. The van der Waals surface area contributed by atoms with Gasteiger partial charge in [0.1, 0.15) is 0 Å². The average molecular weight is 261 g/mol. The molecule has 0 aromatic heterocycles. The summed E-state index contributed by atoms with van der Waals surface area (Å²) in [5, 5.41) is 0. The highest BCUT2D eigenvalue weighted by Gasteiger charge is 2.22.